The fourth-order valence-electron chi connectivity index (χ4n) is 8.04. The Kier molecular flexibility index (Phi) is 6.72. The Bertz CT molecular complexity index is 2040. The molecule has 2 amide bonds. The number of nitrogens with zero attached hydrogens (tertiary/aromatic N) is 3. The van der Waals surface area contributed by atoms with Gasteiger partial charge in [0.1, 0.15) is 11.6 Å². The number of carbonyl (C=O) groups excluding carboxylic acids is 2. The summed E-state index contributed by atoms with van der Waals surface area (Å²) in [5.41, 5.74) is 11.7. The zero-order chi connectivity index (χ0) is 32.7. The maximum atomic E-state index is 13.6. The first-order valence-corrected chi connectivity index (χ1v) is 17.1. The van der Waals surface area contributed by atoms with Gasteiger partial charge in [-0.2, -0.15) is 0 Å². The van der Waals surface area contributed by atoms with Crippen molar-refractivity contribution in [2.45, 2.75) is 69.8 Å². The van der Waals surface area contributed by atoms with Gasteiger partial charge in [-0.3, -0.25) is 4.79 Å². The van der Waals surface area contributed by atoms with Crippen molar-refractivity contribution in [3.8, 4) is 33.6 Å². The predicted molar refractivity (Wildman–Crippen MR) is 182 cm³/mol. The summed E-state index contributed by atoms with van der Waals surface area (Å²) < 4.78 is 5.24. The average Bonchev–Trinajstić information content (AvgIpc) is 3.65. The lowest BCUT2D eigenvalue weighted by molar-refractivity contribution is -0.144. The van der Waals surface area contributed by atoms with Crippen molar-refractivity contribution in [3.63, 3.8) is 0 Å². The number of H-pyrrole nitrogens is 2. The number of ether oxygens (including phenoxy) is 1. The number of nitrogens with two attached hydrogens (primary N) is 1. The smallest absolute Gasteiger partial charge is 0.405 e. The van der Waals surface area contributed by atoms with Crippen molar-refractivity contribution < 1.29 is 14.3 Å². The van der Waals surface area contributed by atoms with Crippen LogP contribution in [0.25, 0.3) is 44.4 Å². The van der Waals surface area contributed by atoms with E-state index in [9.17, 15) is 9.59 Å². The van der Waals surface area contributed by atoms with Crippen molar-refractivity contribution in [1.29, 1.82) is 0 Å². The van der Waals surface area contributed by atoms with Crippen LogP contribution >= 0.6 is 0 Å². The molecular weight excluding hydrogens is 602 g/mol. The Morgan fingerprint density at radius 3 is 2.15 bits per heavy atom. The zero-order valence-electron chi connectivity index (χ0n) is 27.0. The number of nitrogens with one attached hydrogen (secondary N) is 3. The molecule has 4 fully saturated rings. The molecule has 4 heterocycles. The van der Waals surface area contributed by atoms with Gasteiger partial charge in [0, 0.05) is 17.6 Å². The summed E-state index contributed by atoms with van der Waals surface area (Å²) >= 11 is 0. The van der Waals surface area contributed by atoms with Crippen LogP contribution in [0.5, 0.6) is 0 Å². The molecular formula is C38H39N7O3. The molecule has 0 bridgehead atoms. The van der Waals surface area contributed by atoms with Crippen molar-refractivity contribution in [1.82, 2.24) is 30.2 Å². The quantitative estimate of drug-likeness (QED) is 0.153. The number of rotatable bonds is 8. The van der Waals surface area contributed by atoms with Gasteiger partial charge >= 0.3 is 6.09 Å². The average molecular weight is 642 g/mol. The van der Waals surface area contributed by atoms with Crippen LogP contribution < -0.4 is 11.1 Å². The number of hydrogen-bond acceptors (Lipinski definition) is 6. The molecule has 2 aliphatic heterocycles. The van der Waals surface area contributed by atoms with Crippen LogP contribution in [-0.2, 0) is 9.53 Å². The van der Waals surface area contributed by atoms with Crippen LogP contribution in [0.4, 0.5) is 4.79 Å². The summed E-state index contributed by atoms with van der Waals surface area (Å²) in [7, 11) is 0. The monoisotopic (exact) mass is 641 g/mol. The predicted octanol–water partition coefficient (Wildman–Crippen LogP) is 6.49. The molecule has 5 aromatic rings. The Morgan fingerprint density at radius 2 is 1.44 bits per heavy atom. The minimum absolute atomic E-state index is 0.155. The molecule has 2 saturated heterocycles. The second-order valence-corrected chi connectivity index (χ2v) is 14.4. The SMILES string of the molecule is CC(C)[C@H](OC(N)=O)C(=O)N1[C@@H]2C[C@@H]2C[C@H]1c1ncc(-c2ccc3cc(-c4ccc(-c5cnc([C@@H]6C[C@H]7C[C@H]7N6)[nH]5)cc4)ccc3c2)[nH]1. The van der Waals surface area contributed by atoms with E-state index in [-0.39, 0.29) is 23.9 Å². The fraction of sp³-hybridized carbons (Fsp3) is 0.368. The van der Waals surface area contributed by atoms with E-state index in [4.69, 9.17) is 15.5 Å². The highest BCUT2D eigenvalue weighted by molar-refractivity contribution is 5.90. The number of aromatic amines is 2. The third-order valence-corrected chi connectivity index (χ3v) is 10.8. The molecule has 0 radical (unpaired) electrons. The standard InChI is InChI=1S/C38H39N7O3/c1-19(2)34(48-38(39)47)37(46)45-32-15-27(32)16-33(45)36-41-18-31(44-36)25-10-9-23-11-22(7-8-24(23)12-25)20-3-5-21(6-4-20)30-17-40-35(43-30)29-14-26-13-28(26)42-29/h3-12,17-19,26-29,32-34,42H,13-16H2,1-2H3,(H2,39,47)(H,40,43)(H,41,44)/t26-,27-,28-,29+,32-,33+,34+/m1/s1. The normalized spacial score (nSPS) is 26.0. The summed E-state index contributed by atoms with van der Waals surface area (Å²) in [6, 6.07) is 22.6. The number of primary amides is 1. The van der Waals surface area contributed by atoms with E-state index in [0.29, 0.717) is 18.0 Å². The van der Waals surface area contributed by atoms with Gasteiger partial charge in [0.05, 0.1) is 35.9 Å². The van der Waals surface area contributed by atoms with Crippen molar-refractivity contribution >= 4 is 22.8 Å². The van der Waals surface area contributed by atoms with Crippen LogP contribution in [-0.4, -0.2) is 55.0 Å². The highest BCUT2D eigenvalue weighted by Gasteiger charge is 2.56. The van der Waals surface area contributed by atoms with E-state index in [2.05, 4.69) is 80.9 Å². The number of likely N-dealkylation sites (tertiary alicyclic amines) is 1. The van der Waals surface area contributed by atoms with E-state index in [0.717, 1.165) is 74.8 Å². The Morgan fingerprint density at radius 1 is 0.792 bits per heavy atom. The zero-order valence-corrected chi connectivity index (χ0v) is 27.0. The first-order valence-electron chi connectivity index (χ1n) is 17.1. The third-order valence-electron chi connectivity index (χ3n) is 10.8. The first-order chi connectivity index (χ1) is 23.3. The van der Waals surface area contributed by atoms with Gasteiger partial charge in [-0.1, -0.05) is 62.4 Å². The molecule has 48 heavy (non-hydrogen) atoms. The van der Waals surface area contributed by atoms with E-state index in [1.807, 2.05) is 31.1 Å². The van der Waals surface area contributed by atoms with E-state index < -0.39 is 12.2 Å². The van der Waals surface area contributed by atoms with Crippen LogP contribution in [0, 0.1) is 17.8 Å². The Labute approximate surface area is 278 Å². The topological polar surface area (TPSA) is 142 Å². The molecule has 3 aromatic carbocycles. The number of amides is 2. The molecule has 244 valence electrons. The lowest BCUT2D eigenvalue weighted by atomic mass is 9.98. The summed E-state index contributed by atoms with van der Waals surface area (Å²) in [4.78, 5) is 43.4. The van der Waals surface area contributed by atoms with E-state index in [1.54, 1.807) is 0 Å². The molecule has 10 nitrogen and oxygen atoms in total. The second-order valence-electron chi connectivity index (χ2n) is 14.4. The largest absolute Gasteiger partial charge is 0.436 e. The molecule has 9 rings (SSSR count). The van der Waals surface area contributed by atoms with Gasteiger partial charge in [0.15, 0.2) is 6.10 Å². The van der Waals surface area contributed by atoms with Gasteiger partial charge in [-0.15, -0.1) is 0 Å². The summed E-state index contributed by atoms with van der Waals surface area (Å²) in [6.45, 7) is 3.72. The Hall–Kier alpha value is -4.96. The van der Waals surface area contributed by atoms with Crippen LogP contribution in [0.15, 0.2) is 73.1 Å². The number of piperidine rings is 2. The number of hydrogen-bond donors (Lipinski definition) is 4. The molecule has 2 aromatic heterocycles. The van der Waals surface area contributed by atoms with Crippen LogP contribution in [0.3, 0.4) is 0 Å². The molecule has 7 atom stereocenters. The van der Waals surface area contributed by atoms with Crippen molar-refractivity contribution in [3.05, 3.63) is 84.7 Å². The highest BCUT2D eigenvalue weighted by Crippen LogP contribution is 2.53. The summed E-state index contributed by atoms with van der Waals surface area (Å²) in [5, 5.41) is 5.96. The molecule has 2 aliphatic carbocycles. The third kappa shape index (κ3) is 5.15. The molecule has 4 aliphatic rings. The van der Waals surface area contributed by atoms with Gasteiger partial charge in [-0.25, -0.2) is 14.8 Å². The summed E-state index contributed by atoms with van der Waals surface area (Å²) in [6.07, 6.45) is 6.26. The number of aromatic nitrogens is 4. The Balaban J connectivity index is 0.911. The molecule has 0 unspecified atom stereocenters. The first kappa shape index (κ1) is 29.2. The van der Waals surface area contributed by atoms with Crippen molar-refractivity contribution in [2.75, 3.05) is 0 Å². The minimum atomic E-state index is -0.932. The molecule has 2 saturated carbocycles. The lowest BCUT2D eigenvalue weighted by Gasteiger charge is -2.31. The lowest BCUT2D eigenvalue weighted by Crippen LogP contribution is -2.46. The number of fused-ring (bicyclic) bond motifs is 3. The maximum absolute atomic E-state index is 13.6. The van der Waals surface area contributed by atoms with Gasteiger partial charge < -0.3 is 30.7 Å². The number of imidazole rings is 2. The summed E-state index contributed by atoms with van der Waals surface area (Å²) in [5.74, 6) is 2.69. The van der Waals surface area contributed by atoms with E-state index >= 15 is 0 Å². The molecule has 10 heteroatoms. The van der Waals surface area contributed by atoms with Gasteiger partial charge in [0.25, 0.3) is 5.91 Å². The van der Waals surface area contributed by atoms with E-state index in [1.165, 1.54) is 12.8 Å². The maximum Gasteiger partial charge on any atom is 0.405 e. The minimum Gasteiger partial charge on any atom is -0.436 e. The molecule has 5 N–H and O–H groups in total. The highest BCUT2D eigenvalue weighted by atomic mass is 16.6. The van der Waals surface area contributed by atoms with Crippen molar-refractivity contribution in [2.24, 2.45) is 23.5 Å². The second kappa shape index (κ2) is 11.1. The fourth-order valence-corrected chi connectivity index (χ4v) is 8.04. The van der Waals surface area contributed by atoms with Gasteiger partial charge in [-0.05, 0) is 83.0 Å². The number of benzene rings is 3. The number of carbonyl (C=O) groups is 2. The van der Waals surface area contributed by atoms with Crippen LogP contribution in [0.2, 0.25) is 0 Å². The van der Waals surface area contributed by atoms with Crippen LogP contribution in [0.1, 0.15) is 63.3 Å². The molecule has 0 spiro atoms. The van der Waals surface area contributed by atoms with Gasteiger partial charge in [0.2, 0.25) is 0 Å².